The molecule has 0 radical (unpaired) electrons. The van der Waals surface area contributed by atoms with Crippen LogP contribution in [0.1, 0.15) is 70.3 Å². The van der Waals surface area contributed by atoms with Crippen molar-refractivity contribution in [2.24, 2.45) is 5.41 Å². The number of likely N-dealkylation sites (tertiary alicyclic amines) is 2. The van der Waals surface area contributed by atoms with Gasteiger partial charge in [-0.15, -0.1) is 0 Å². The van der Waals surface area contributed by atoms with E-state index in [1.54, 1.807) is 0 Å². The minimum Gasteiger partial charge on any atom is -0.426 e. The molecule has 1 spiro atoms. The topological polar surface area (TPSA) is 59.8 Å². The van der Waals surface area contributed by atoms with Gasteiger partial charge in [0, 0.05) is 44.8 Å². The minimum absolute atomic E-state index is 0.0588. The number of carbonyl (C=O) groups is 1. The number of aromatic nitrogens is 2. The molecule has 0 unspecified atom stereocenters. The van der Waals surface area contributed by atoms with Crippen molar-refractivity contribution in [2.75, 3.05) is 39.4 Å². The Morgan fingerprint density at radius 1 is 1.05 bits per heavy atom. The van der Waals surface area contributed by atoms with Crippen LogP contribution in [0.2, 0.25) is 0 Å². The van der Waals surface area contributed by atoms with Gasteiger partial charge in [-0.05, 0) is 50.1 Å². The molecular weight excluding hydrogens is 518 g/mol. The Balaban J connectivity index is 1.37. The fraction of sp³-hybridized carbons (Fsp3) is 0.840. The van der Waals surface area contributed by atoms with Gasteiger partial charge < -0.3 is 14.4 Å². The van der Waals surface area contributed by atoms with Crippen LogP contribution in [0.4, 0.5) is 31.1 Å². The van der Waals surface area contributed by atoms with Crippen LogP contribution in [0, 0.1) is 5.41 Å². The van der Waals surface area contributed by atoms with Crippen molar-refractivity contribution in [2.45, 2.75) is 89.3 Å². The molecule has 1 aromatic heterocycles. The fourth-order valence-corrected chi connectivity index (χ4v) is 5.62. The molecule has 1 aromatic rings. The summed E-state index contributed by atoms with van der Waals surface area (Å²) in [4.78, 5) is 15.4. The van der Waals surface area contributed by atoms with E-state index in [9.17, 15) is 31.1 Å². The van der Waals surface area contributed by atoms with E-state index in [-0.39, 0.29) is 30.0 Å². The lowest BCUT2D eigenvalue weighted by atomic mass is 9.78. The minimum atomic E-state index is -5.72. The summed E-state index contributed by atoms with van der Waals surface area (Å²) in [6.07, 6.45) is -13.5. The van der Waals surface area contributed by atoms with Gasteiger partial charge in [0.2, 0.25) is 0 Å². The molecule has 0 saturated carbocycles. The number of halogens is 6. The highest BCUT2D eigenvalue weighted by Gasteiger charge is 2.60. The number of nitrogens with zero attached hydrogens (tertiary/aromatic N) is 4. The van der Waals surface area contributed by atoms with Gasteiger partial charge in [-0.25, -0.2) is 4.79 Å². The highest BCUT2D eigenvalue weighted by molar-refractivity contribution is 5.68. The molecule has 4 rings (SSSR count). The van der Waals surface area contributed by atoms with Gasteiger partial charge in [-0.3, -0.25) is 9.58 Å². The highest BCUT2D eigenvalue weighted by atomic mass is 19.4. The molecule has 3 aliphatic heterocycles. The number of rotatable bonds is 4. The first-order valence-corrected chi connectivity index (χ1v) is 13.1. The number of carbonyl (C=O) groups excluding carboxylic acids is 1. The van der Waals surface area contributed by atoms with Gasteiger partial charge >= 0.3 is 18.4 Å². The third-order valence-corrected chi connectivity index (χ3v) is 7.92. The van der Waals surface area contributed by atoms with Crippen LogP contribution in [0.3, 0.4) is 0 Å². The Labute approximate surface area is 218 Å². The van der Waals surface area contributed by atoms with Gasteiger partial charge in [-0.1, -0.05) is 20.8 Å². The molecular formula is C25H36F6N4O3. The molecule has 3 saturated heterocycles. The molecule has 38 heavy (non-hydrogen) atoms. The fourth-order valence-electron chi connectivity index (χ4n) is 5.62. The van der Waals surface area contributed by atoms with Gasteiger partial charge in [0.15, 0.2) is 0 Å². The lowest BCUT2D eigenvalue weighted by molar-refractivity contribution is -0.308. The predicted molar refractivity (Wildman–Crippen MR) is 126 cm³/mol. The molecule has 13 heteroatoms. The number of ether oxygens (including phenoxy) is 2. The summed E-state index contributed by atoms with van der Waals surface area (Å²) in [6.45, 7) is 10.2. The first kappa shape index (κ1) is 29.0. The van der Waals surface area contributed by atoms with Crippen molar-refractivity contribution in [1.29, 1.82) is 0 Å². The lowest BCUT2D eigenvalue weighted by Gasteiger charge is -2.39. The summed E-state index contributed by atoms with van der Waals surface area (Å²) in [5.41, 5.74) is 1.91. The molecule has 4 heterocycles. The first-order chi connectivity index (χ1) is 17.6. The molecule has 0 atom stereocenters. The zero-order chi connectivity index (χ0) is 27.9. The van der Waals surface area contributed by atoms with Gasteiger partial charge in [0.05, 0.1) is 17.4 Å². The molecule has 1 amide bonds. The van der Waals surface area contributed by atoms with Crippen LogP contribution >= 0.6 is 0 Å². The van der Waals surface area contributed by atoms with E-state index < -0.39 is 24.5 Å². The second kappa shape index (κ2) is 10.5. The van der Waals surface area contributed by atoms with E-state index in [1.807, 2.05) is 0 Å². The van der Waals surface area contributed by atoms with Crippen LogP contribution in [0.15, 0.2) is 6.07 Å². The molecule has 216 valence electrons. The van der Waals surface area contributed by atoms with Crippen molar-refractivity contribution in [3.05, 3.63) is 17.5 Å². The first-order valence-electron chi connectivity index (χ1n) is 13.1. The summed E-state index contributed by atoms with van der Waals surface area (Å²) < 4.78 is 88.3. The molecule has 7 nitrogen and oxygen atoms in total. The number of piperidine rings is 1. The zero-order valence-electron chi connectivity index (χ0n) is 22.0. The number of amides is 1. The quantitative estimate of drug-likeness (QED) is 0.464. The Bertz CT molecular complexity index is 959. The van der Waals surface area contributed by atoms with E-state index >= 15 is 0 Å². The average molecular weight is 555 g/mol. The van der Waals surface area contributed by atoms with Crippen LogP contribution in [0.25, 0.3) is 0 Å². The average Bonchev–Trinajstić information content (AvgIpc) is 3.41. The normalized spacial score (nSPS) is 22.0. The van der Waals surface area contributed by atoms with Crippen molar-refractivity contribution in [3.63, 3.8) is 0 Å². The Hall–Kier alpha value is -2.02. The van der Waals surface area contributed by atoms with Crippen molar-refractivity contribution < 1.29 is 40.6 Å². The van der Waals surface area contributed by atoms with Gasteiger partial charge in [0.25, 0.3) is 6.10 Å². The molecule has 0 bridgehead atoms. The lowest BCUT2D eigenvalue weighted by Crippen LogP contribution is -2.50. The van der Waals surface area contributed by atoms with Crippen LogP contribution in [-0.2, 0) is 21.4 Å². The van der Waals surface area contributed by atoms with E-state index in [2.05, 4.69) is 41.2 Å². The standard InChI is InChI=1S/C25H36F6N4O3/c1-22(2,3)19-14-18(35(32-19)17-4-12-37-13-5-17)15-33-9-6-23(16-33)7-10-34(11-8-23)21(36)38-20(24(26,27)28)25(29,30)31/h14,17,20H,4-13,15-16H2,1-3H3. The summed E-state index contributed by atoms with van der Waals surface area (Å²) in [5, 5.41) is 4.95. The molecule has 0 aliphatic carbocycles. The van der Waals surface area contributed by atoms with Crippen LogP contribution in [-0.4, -0.2) is 83.5 Å². The predicted octanol–water partition coefficient (Wildman–Crippen LogP) is 5.45. The Morgan fingerprint density at radius 2 is 1.63 bits per heavy atom. The number of alkyl halides is 6. The third-order valence-electron chi connectivity index (χ3n) is 7.92. The van der Waals surface area contributed by atoms with E-state index in [0.717, 1.165) is 48.6 Å². The maximum absolute atomic E-state index is 12.8. The van der Waals surface area contributed by atoms with Crippen molar-refractivity contribution >= 4 is 6.09 Å². The Kier molecular flexibility index (Phi) is 8.02. The highest BCUT2D eigenvalue weighted by Crippen LogP contribution is 2.42. The smallest absolute Gasteiger partial charge is 0.426 e. The molecule has 0 N–H and O–H groups in total. The molecule has 0 aromatic carbocycles. The summed E-state index contributed by atoms with van der Waals surface area (Å²) in [6, 6.07) is 2.44. The van der Waals surface area contributed by atoms with E-state index in [1.165, 1.54) is 0 Å². The summed E-state index contributed by atoms with van der Waals surface area (Å²) in [5.74, 6) is 0. The van der Waals surface area contributed by atoms with Gasteiger partial charge in [0.1, 0.15) is 0 Å². The summed E-state index contributed by atoms with van der Waals surface area (Å²) in [7, 11) is 0. The summed E-state index contributed by atoms with van der Waals surface area (Å²) >= 11 is 0. The zero-order valence-corrected chi connectivity index (χ0v) is 22.0. The molecule has 3 aliphatic rings. The largest absolute Gasteiger partial charge is 0.434 e. The molecule has 3 fully saturated rings. The second-order valence-corrected chi connectivity index (χ2v) is 11.9. The van der Waals surface area contributed by atoms with E-state index in [4.69, 9.17) is 9.84 Å². The maximum atomic E-state index is 12.8. The van der Waals surface area contributed by atoms with Crippen molar-refractivity contribution in [1.82, 2.24) is 19.6 Å². The monoisotopic (exact) mass is 554 g/mol. The Morgan fingerprint density at radius 3 is 2.18 bits per heavy atom. The van der Waals surface area contributed by atoms with Crippen molar-refractivity contribution in [3.8, 4) is 0 Å². The van der Waals surface area contributed by atoms with E-state index in [0.29, 0.717) is 32.6 Å². The number of hydrogen-bond acceptors (Lipinski definition) is 5. The van der Waals surface area contributed by atoms with Gasteiger partial charge in [-0.2, -0.15) is 31.4 Å². The SMILES string of the molecule is CC(C)(C)c1cc(CN2CCC3(CCN(C(=O)OC(C(F)(F)F)C(F)(F)F)CC3)C2)n(C2CCOCC2)n1. The van der Waals surface area contributed by atoms with Crippen LogP contribution < -0.4 is 0 Å². The van der Waals surface area contributed by atoms with Crippen LogP contribution in [0.5, 0.6) is 0 Å². The third kappa shape index (κ3) is 6.57. The number of hydrogen-bond donors (Lipinski definition) is 0. The second-order valence-electron chi connectivity index (χ2n) is 11.9. The maximum Gasteiger partial charge on any atom is 0.434 e.